The van der Waals surface area contributed by atoms with Gasteiger partial charge in [-0.15, -0.1) is 12.6 Å². The van der Waals surface area contributed by atoms with E-state index < -0.39 is 11.6 Å². The summed E-state index contributed by atoms with van der Waals surface area (Å²) >= 11 is 3.70. The van der Waals surface area contributed by atoms with Gasteiger partial charge in [0.25, 0.3) is 11.8 Å². The number of anilines is 2. The average Bonchev–Trinajstić information content (AvgIpc) is 3.55. The standard InChI is InChI=1S/C27H27N5O3.C6H4F2S/c1-16-11-18(5-7-21(16)27(33)32-9-3-4-10-32)22-13-19-12-17(6-8-24(19)31-25(22)29)20-14-23(28)26(30-15-20)35-34-2;7-4-1-2-6(9)5(8)3-4/h5-8,11-15H,3-4,9-10,28H2,1-2H3,(H2,29,31);1-3,9H. The lowest BCUT2D eigenvalue weighted by molar-refractivity contribution is -0.180. The third-order valence-electron chi connectivity index (χ3n) is 7.29. The van der Waals surface area contributed by atoms with Gasteiger partial charge in [0.05, 0.1) is 18.3 Å². The Morgan fingerprint density at radius 2 is 1.68 bits per heavy atom. The fraction of sp³-hybridized carbons (Fsp3) is 0.182. The highest BCUT2D eigenvalue weighted by Gasteiger charge is 2.21. The number of halogens is 2. The van der Waals surface area contributed by atoms with E-state index in [0.29, 0.717) is 11.5 Å². The minimum atomic E-state index is -0.627. The van der Waals surface area contributed by atoms with Gasteiger partial charge in [-0.2, -0.15) is 4.89 Å². The Morgan fingerprint density at radius 1 is 0.932 bits per heavy atom. The molecule has 3 aromatic carbocycles. The van der Waals surface area contributed by atoms with Gasteiger partial charge in [0.1, 0.15) is 17.5 Å². The Balaban J connectivity index is 0.000000367. The van der Waals surface area contributed by atoms with Crippen LogP contribution in [0.4, 0.5) is 20.3 Å². The van der Waals surface area contributed by atoms with Crippen molar-refractivity contribution in [1.82, 2.24) is 14.9 Å². The summed E-state index contributed by atoms with van der Waals surface area (Å²) in [6.45, 7) is 3.62. The van der Waals surface area contributed by atoms with E-state index >= 15 is 0 Å². The van der Waals surface area contributed by atoms with Gasteiger partial charge in [-0.25, -0.2) is 18.7 Å². The molecule has 0 radical (unpaired) electrons. The monoisotopic (exact) mass is 615 g/mol. The Labute approximate surface area is 259 Å². The van der Waals surface area contributed by atoms with E-state index in [1.54, 1.807) is 12.3 Å². The molecule has 4 N–H and O–H groups in total. The first-order valence-electron chi connectivity index (χ1n) is 13.9. The van der Waals surface area contributed by atoms with E-state index in [9.17, 15) is 13.6 Å². The van der Waals surface area contributed by atoms with Gasteiger partial charge in [-0.1, -0.05) is 18.2 Å². The van der Waals surface area contributed by atoms with E-state index in [1.165, 1.54) is 13.2 Å². The van der Waals surface area contributed by atoms with Crippen LogP contribution < -0.4 is 16.4 Å². The van der Waals surface area contributed by atoms with Crippen molar-refractivity contribution in [3.05, 3.63) is 95.7 Å². The number of thiol groups is 1. The zero-order chi connectivity index (χ0) is 31.4. The van der Waals surface area contributed by atoms with Crippen molar-refractivity contribution in [3.63, 3.8) is 0 Å². The van der Waals surface area contributed by atoms with Crippen LogP contribution in [0.1, 0.15) is 28.8 Å². The summed E-state index contributed by atoms with van der Waals surface area (Å²) in [4.78, 5) is 33.4. The summed E-state index contributed by atoms with van der Waals surface area (Å²) in [5, 5.41) is 0.928. The number of nitrogen functional groups attached to an aromatic ring is 2. The van der Waals surface area contributed by atoms with Crippen molar-refractivity contribution < 1.29 is 23.4 Å². The summed E-state index contributed by atoms with van der Waals surface area (Å²) in [7, 11) is 1.40. The van der Waals surface area contributed by atoms with Crippen molar-refractivity contribution in [2.45, 2.75) is 24.7 Å². The second kappa shape index (κ2) is 13.3. The normalized spacial score (nSPS) is 12.6. The molecule has 0 spiro atoms. The second-order valence-electron chi connectivity index (χ2n) is 10.3. The molecule has 0 atom stereocenters. The van der Waals surface area contributed by atoms with Gasteiger partial charge in [0.2, 0.25) is 0 Å². The van der Waals surface area contributed by atoms with Crippen LogP contribution in [0, 0.1) is 18.6 Å². The van der Waals surface area contributed by atoms with E-state index in [2.05, 4.69) is 27.5 Å². The fourth-order valence-electron chi connectivity index (χ4n) is 5.02. The zero-order valence-electron chi connectivity index (χ0n) is 24.2. The Hall–Kier alpha value is -4.74. The van der Waals surface area contributed by atoms with Crippen molar-refractivity contribution in [1.29, 1.82) is 0 Å². The molecular formula is C33H31F2N5O3S. The molecule has 1 fully saturated rings. The zero-order valence-corrected chi connectivity index (χ0v) is 25.1. The van der Waals surface area contributed by atoms with Crippen molar-refractivity contribution in [2.75, 3.05) is 31.7 Å². The maximum absolute atomic E-state index is 12.9. The number of fused-ring (bicyclic) bond motifs is 1. The largest absolute Gasteiger partial charge is 0.394 e. The smallest absolute Gasteiger partial charge is 0.279 e. The van der Waals surface area contributed by atoms with Gasteiger partial charge in [-0.05, 0) is 78.9 Å². The maximum Gasteiger partial charge on any atom is 0.279 e. The molecule has 1 aliphatic rings. The van der Waals surface area contributed by atoms with Crippen LogP contribution in [0.15, 0.2) is 77.8 Å². The maximum atomic E-state index is 12.9. The number of amides is 1. The number of carbonyl (C=O) groups excluding carboxylic acids is 1. The number of nitrogens with two attached hydrogens (primary N) is 2. The number of benzene rings is 3. The molecule has 8 nitrogen and oxygen atoms in total. The lowest BCUT2D eigenvalue weighted by Gasteiger charge is -2.17. The van der Waals surface area contributed by atoms with Crippen LogP contribution in [0.2, 0.25) is 0 Å². The predicted octanol–water partition coefficient (Wildman–Crippen LogP) is 6.87. The minimum absolute atomic E-state index is 0.0931. The van der Waals surface area contributed by atoms with E-state index in [1.807, 2.05) is 54.3 Å². The van der Waals surface area contributed by atoms with Gasteiger partial charge < -0.3 is 21.3 Å². The molecule has 0 saturated carbocycles. The molecule has 11 heteroatoms. The topological polar surface area (TPSA) is 117 Å². The molecule has 1 amide bonds. The third-order valence-corrected chi connectivity index (χ3v) is 7.65. The summed E-state index contributed by atoms with van der Waals surface area (Å²) in [5.74, 6) is -0.453. The van der Waals surface area contributed by atoms with Gasteiger partial charge in [-0.3, -0.25) is 4.79 Å². The Bertz CT molecular complexity index is 1850. The molecule has 0 bridgehead atoms. The van der Waals surface area contributed by atoms with Crippen molar-refractivity contribution in [3.8, 4) is 28.1 Å². The van der Waals surface area contributed by atoms with Crippen LogP contribution in [-0.4, -0.2) is 41.0 Å². The molecular weight excluding hydrogens is 584 g/mol. The highest BCUT2D eigenvalue weighted by atomic mass is 32.1. The number of aromatic nitrogens is 2. The number of hydrogen-bond acceptors (Lipinski definition) is 8. The molecule has 1 aliphatic heterocycles. The molecule has 6 rings (SSSR count). The van der Waals surface area contributed by atoms with Crippen LogP contribution in [0.3, 0.4) is 0 Å². The summed E-state index contributed by atoms with van der Waals surface area (Å²) in [6, 6.07) is 18.8. The van der Waals surface area contributed by atoms with Crippen LogP contribution in [-0.2, 0) is 4.89 Å². The molecule has 1 saturated heterocycles. The van der Waals surface area contributed by atoms with Crippen molar-refractivity contribution >= 4 is 40.9 Å². The molecule has 226 valence electrons. The number of rotatable bonds is 5. The number of hydrogen-bond donors (Lipinski definition) is 3. The summed E-state index contributed by atoms with van der Waals surface area (Å²) < 4.78 is 24.3. The average molecular weight is 616 g/mol. The Morgan fingerprint density at radius 3 is 2.34 bits per heavy atom. The quantitative estimate of drug-likeness (QED) is 0.112. The number of aryl methyl sites for hydroxylation is 1. The van der Waals surface area contributed by atoms with E-state index in [4.69, 9.17) is 16.4 Å². The third kappa shape index (κ3) is 6.74. The highest BCUT2D eigenvalue weighted by molar-refractivity contribution is 7.80. The molecule has 2 aromatic heterocycles. The Kier molecular flexibility index (Phi) is 9.26. The first-order valence-corrected chi connectivity index (χ1v) is 14.3. The van der Waals surface area contributed by atoms with Crippen molar-refractivity contribution in [2.24, 2.45) is 0 Å². The minimum Gasteiger partial charge on any atom is -0.394 e. The highest BCUT2D eigenvalue weighted by Crippen LogP contribution is 2.33. The van der Waals surface area contributed by atoms with Gasteiger partial charge >= 0.3 is 0 Å². The number of carbonyl (C=O) groups is 1. The lowest BCUT2D eigenvalue weighted by atomic mass is 9.97. The fourth-order valence-corrected chi connectivity index (χ4v) is 5.16. The molecule has 0 aliphatic carbocycles. The lowest BCUT2D eigenvalue weighted by Crippen LogP contribution is -2.28. The van der Waals surface area contributed by atoms with Crippen LogP contribution in [0.25, 0.3) is 33.2 Å². The summed E-state index contributed by atoms with van der Waals surface area (Å²) in [5.41, 5.74) is 18.7. The van der Waals surface area contributed by atoms with Crippen LogP contribution in [0.5, 0.6) is 5.88 Å². The predicted molar refractivity (Wildman–Crippen MR) is 170 cm³/mol. The summed E-state index contributed by atoms with van der Waals surface area (Å²) in [6.07, 6.45) is 3.81. The van der Waals surface area contributed by atoms with Gasteiger partial charge in [0.15, 0.2) is 0 Å². The molecule has 3 heterocycles. The molecule has 0 unspecified atom stereocenters. The van der Waals surface area contributed by atoms with Crippen LogP contribution >= 0.6 is 12.6 Å². The first kappa shape index (κ1) is 30.7. The second-order valence-corrected chi connectivity index (χ2v) is 10.8. The number of nitrogens with zero attached hydrogens (tertiary/aromatic N) is 3. The number of pyridine rings is 2. The number of likely N-dealkylation sites (tertiary alicyclic amines) is 1. The molecule has 5 aromatic rings. The van der Waals surface area contributed by atoms with E-state index in [0.717, 1.165) is 82.3 Å². The first-order chi connectivity index (χ1) is 21.1. The van der Waals surface area contributed by atoms with E-state index in [-0.39, 0.29) is 16.7 Å². The van der Waals surface area contributed by atoms with Gasteiger partial charge in [0, 0.05) is 52.3 Å². The molecule has 44 heavy (non-hydrogen) atoms. The SMILES string of the molecule is COOc1ncc(-c2ccc3nc(N)c(-c4ccc(C(=O)N5CCCC5)c(C)c4)cc3c2)cc1N.Fc1ccc(S)c(F)c1.